The zero-order valence-electron chi connectivity index (χ0n) is 20.8. The summed E-state index contributed by atoms with van der Waals surface area (Å²) in [5, 5.41) is 17.9. The van der Waals surface area contributed by atoms with E-state index in [2.05, 4.69) is 29.3 Å². The number of fused-ring (bicyclic) bond motifs is 1. The Morgan fingerprint density at radius 3 is 2.05 bits per heavy atom. The Morgan fingerprint density at radius 1 is 1.05 bits per heavy atom. The van der Waals surface area contributed by atoms with Gasteiger partial charge in [-0.3, -0.25) is 4.79 Å². The van der Waals surface area contributed by atoms with Gasteiger partial charge >= 0.3 is 24.3 Å². The summed E-state index contributed by atoms with van der Waals surface area (Å²) >= 11 is 1.86. The predicted octanol–water partition coefficient (Wildman–Crippen LogP) is 3.69. The first-order chi connectivity index (χ1) is 17.4. The maximum Gasteiger partial charge on any atom is 0.490 e. The summed E-state index contributed by atoms with van der Waals surface area (Å²) in [6.07, 6.45) is -7.06. The lowest BCUT2D eigenvalue weighted by Crippen LogP contribution is -2.37. The number of nitrogens with zero attached hydrogens (tertiary/aromatic N) is 2. The van der Waals surface area contributed by atoms with Crippen LogP contribution >= 0.6 is 11.3 Å². The summed E-state index contributed by atoms with van der Waals surface area (Å²) in [6.45, 7) is 4.77. The first kappa shape index (κ1) is 33.1. The van der Waals surface area contributed by atoms with E-state index in [0.29, 0.717) is 6.04 Å². The normalized spacial score (nSPS) is 15.1. The SMILES string of the molecule is Cc1ccc(CNC2CCc3c(ccc(=O)n3CCN(C)C)C2)s1.O=C(O)C(F)(F)F.O=C(O)C(F)(F)F. The van der Waals surface area contributed by atoms with E-state index in [-0.39, 0.29) is 5.56 Å². The first-order valence-electron chi connectivity index (χ1n) is 11.2. The predicted molar refractivity (Wildman–Crippen MR) is 128 cm³/mol. The number of rotatable bonds is 6. The van der Waals surface area contributed by atoms with E-state index in [0.717, 1.165) is 38.9 Å². The van der Waals surface area contributed by atoms with Gasteiger partial charge in [-0.25, -0.2) is 9.59 Å². The van der Waals surface area contributed by atoms with Gasteiger partial charge in [0.25, 0.3) is 5.56 Å². The molecule has 0 spiro atoms. The van der Waals surface area contributed by atoms with Crippen molar-refractivity contribution in [3.8, 4) is 0 Å². The molecule has 0 fully saturated rings. The minimum atomic E-state index is -5.08. The fourth-order valence-electron chi connectivity index (χ4n) is 3.37. The average molecular weight is 574 g/mol. The summed E-state index contributed by atoms with van der Waals surface area (Å²) in [5.41, 5.74) is 2.71. The van der Waals surface area contributed by atoms with E-state index in [1.807, 2.05) is 36.1 Å². The summed E-state index contributed by atoms with van der Waals surface area (Å²) in [6, 6.07) is 8.66. The van der Waals surface area contributed by atoms with E-state index in [4.69, 9.17) is 19.8 Å². The number of carbonyl (C=O) groups is 2. The third-order valence-electron chi connectivity index (χ3n) is 5.20. The highest BCUT2D eigenvalue weighted by molar-refractivity contribution is 7.11. The van der Waals surface area contributed by atoms with Crippen LogP contribution in [0.4, 0.5) is 26.3 Å². The highest BCUT2D eigenvalue weighted by Gasteiger charge is 2.38. The number of carboxylic acids is 2. The zero-order valence-corrected chi connectivity index (χ0v) is 21.6. The van der Waals surface area contributed by atoms with Crippen LogP contribution in [0.5, 0.6) is 0 Å². The van der Waals surface area contributed by atoms with Crippen LogP contribution in [0.2, 0.25) is 0 Å². The Labute approximate surface area is 218 Å². The molecule has 1 aliphatic rings. The number of nitrogens with one attached hydrogen (secondary N) is 1. The number of alkyl halides is 6. The second-order valence-electron chi connectivity index (χ2n) is 8.54. The van der Waals surface area contributed by atoms with Gasteiger partial charge < -0.3 is 25.0 Å². The van der Waals surface area contributed by atoms with Crippen LogP contribution in [-0.2, 0) is 35.5 Å². The Bertz CT molecular complexity index is 1100. The average Bonchev–Trinajstić information content (AvgIpc) is 3.21. The molecule has 2 aromatic heterocycles. The number of thiophene rings is 1. The lowest BCUT2D eigenvalue weighted by atomic mass is 9.91. The molecule has 1 atom stereocenters. The van der Waals surface area contributed by atoms with Crippen LogP contribution in [0.25, 0.3) is 0 Å². The summed E-state index contributed by atoms with van der Waals surface area (Å²) in [5.74, 6) is -5.51. The van der Waals surface area contributed by atoms with Crippen LogP contribution in [-0.4, -0.2) is 70.7 Å². The molecule has 3 N–H and O–H groups in total. The Morgan fingerprint density at radius 2 is 1.61 bits per heavy atom. The Balaban J connectivity index is 0.000000426. The van der Waals surface area contributed by atoms with Crippen molar-refractivity contribution in [3.05, 3.63) is 55.6 Å². The van der Waals surface area contributed by atoms with Crippen LogP contribution in [0.1, 0.15) is 27.4 Å². The van der Waals surface area contributed by atoms with E-state index < -0.39 is 24.3 Å². The number of hydrogen-bond acceptors (Lipinski definition) is 6. The van der Waals surface area contributed by atoms with E-state index in [9.17, 15) is 31.1 Å². The van der Waals surface area contributed by atoms with E-state index in [1.165, 1.54) is 21.0 Å². The van der Waals surface area contributed by atoms with Gasteiger partial charge in [0.05, 0.1) is 0 Å². The van der Waals surface area contributed by atoms with E-state index >= 15 is 0 Å². The third-order valence-corrected chi connectivity index (χ3v) is 6.20. The molecule has 3 rings (SSSR count). The standard InChI is InChI=1S/C19H27N3OS.2C2HF3O2/c1-14-4-7-17(24-14)13-20-16-6-8-18-15(12-16)5-9-19(23)22(18)11-10-21(2)3;2*3-2(4,5)1(6)7/h4-5,7,9,16,20H,6,8,10-13H2,1-3H3;2*(H,6,7). The van der Waals surface area contributed by atoms with Crippen molar-refractivity contribution in [2.75, 3.05) is 20.6 Å². The van der Waals surface area contributed by atoms with Crippen LogP contribution in [0, 0.1) is 6.92 Å². The van der Waals surface area contributed by atoms with Crippen molar-refractivity contribution >= 4 is 23.3 Å². The first-order valence-corrected chi connectivity index (χ1v) is 12.0. The van der Waals surface area contributed by atoms with Gasteiger partial charge in [-0.15, -0.1) is 11.3 Å². The highest BCUT2D eigenvalue weighted by atomic mass is 32.1. The molecular formula is C23H29F6N3O5S. The number of aryl methyl sites for hydroxylation is 1. The summed E-state index contributed by atoms with van der Waals surface area (Å²) < 4.78 is 65.5. The number of carboxylic acid groups (broad SMARTS) is 2. The van der Waals surface area contributed by atoms with Gasteiger partial charge in [0.15, 0.2) is 0 Å². The highest BCUT2D eigenvalue weighted by Crippen LogP contribution is 2.22. The van der Waals surface area contributed by atoms with Gasteiger partial charge in [-0.1, -0.05) is 6.07 Å². The summed E-state index contributed by atoms with van der Waals surface area (Å²) in [7, 11) is 4.10. The minimum Gasteiger partial charge on any atom is -0.475 e. The van der Waals surface area contributed by atoms with Crippen molar-refractivity contribution in [2.24, 2.45) is 0 Å². The van der Waals surface area contributed by atoms with Crippen molar-refractivity contribution in [2.45, 2.75) is 57.7 Å². The second kappa shape index (κ2) is 14.3. The lowest BCUT2D eigenvalue weighted by molar-refractivity contribution is -0.193. The monoisotopic (exact) mass is 573 g/mol. The lowest BCUT2D eigenvalue weighted by Gasteiger charge is -2.28. The molecule has 2 heterocycles. The Kier molecular flexibility index (Phi) is 12.5. The quantitative estimate of drug-likeness (QED) is 0.452. The fraction of sp³-hybridized carbons (Fsp3) is 0.522. The van der Waals surface area contributed by atoms with Crippen molar-refractivity contribution < 1.29 is 46.1 Å². The van der Waals surface area contributed by atoms with Crippen LogP contribution in [0.15, 0.2) is 29.1 Å². The molecule has 214 valence electrons. The molecule has 2 aromatic rings. The van der Waals surface area contributed by atoms with Crippen LogP contribution in [0.3, 0.4) is 0 Å². The molecule has 1 unspecified atom stereocenters. The number of hydrogen-bond donors (Lipinski definition) is 3. The molecule has 0 bridgehead atoms. The third kappa shape index (κ3) is 11.6. The molecule has 15 heteroatoms. The van der Waals surface area contributed by atoms with Crippen molar-refractivity contribution in [1.29, 1.82) is 0 Å². The van der Waals surface area contributed by atoms with Crippen LogP contribution < -0.4 is 10.9 Å². The summed E-state index contributed by atoms with van der Waals surface area (Å²) in [4.78, 5) is 34.9. The molecule has 1 aliphatic carbocycles. The molecule has 0 amide bonds. The molecule has 8 nitrogen and oxygen atoms in total. The number of likely N-dealkylation sites (N-methyl/N-ethyl adjacent to an activating group) is 1. The van der Waals surface area contributed by atoms with E-state index in [1.54, 1.807) is 6.07 Å². The zero-order chi connectivity index (χ0) is 29.3. The molecule has 0 saturated carbocycles. The van der Waals surface area contributed by atoms with Gasteiger partial charge in [0.1, 0.15) is 0 Å². The number of aromatic nitrogens is 1. The molecule has 0 aliphatic heterocycles. The number of aliphatic carboxylic acids is 2. The molecular weight excluding hydrogens is 544 g/mol. The topological polar surface area (TPSA) is 112 Å². The smallest absolute Gasteiger partial charge is 0.475 e. The Hall–Kier alpha value is -2.91. The minimum absolute atomic E-state index is 0.135. The molecule has 0 aromatic carbocycles. The van der Waals surface area contributed by atoms with Crippen molar-refractivity contribution in [3.63, 3.8) is 0 Å². The van der Waals surface area contributed by atoms with Gasteiger partial charge in [-0.2, -0.15) is 26.3 Å². The second-order valence-corrected chi connectivity index (χ2v) is 9.91. The van der Waals surface area contributed by atoms with Gasteiger partial charge in [-0.05, 0) is 58.0 Å². The maximum absolute atomic E-state index is 12.2. The maximum atomic E-state index is 12.2. The molecule has 38 heavy (non-hydrogen) atoms. The fourth-order valence-corrected chi connectivity index (χ4v) is 4.21. The van der Waals surface area contributed by atoms with Crippen molar-refractivity contribution in [1.82, 2.24) is 14.8 Å². The van der Waals surface area contributed by atoms with Gasteiger partial charge in [0, 0.05) is 47.2 Å². The van der Waals surface area contributed by atoms with Gasteiger partial charge in [0.2, 0.25) is 0 Å². The number of pyridine rings is 1. The number of halogens is 6. The molecule has 0 saturated heterocycles. The molecule has 0 radical (unpaired) electrons. The largest absolute Gasteiger partial charge is 0.490 e.